The van der Waals surface area contributed by atoms with Gasteiger partial charge in [0.2, 0.25) is 5.91 Å². The topological polar surface area (TPSA) is 68.2 Å². The first kappa shape index (κ1) is 14.1. The summed E-state index contributed by atoms with van der Waals surface area (Å²) in [5.74, 6) is 0.167. The van der Waals surface area contributed by atoms with Gasteiger partial charge in [-0.3, -0.25) is 4.79 Å². The maximum Gasteiger partial charge on any atom is 0.222 e. The molecule has 1 atom stereocenters. The number of benzene rings is 1. The van der Waals surface area contributed by atoms with Gasteiger partial charge in [-0.15, -0.1) is 0 Å². The zero-order valence-electron chi connectivity index (χ0n) is 11.7. The van der Waals surface area contributed by atoms with Crippen LogP contribution in [0.1, 0.15) is 12.8 Å². The second-order valence-electron chi connectivity index (χ2n) is 5.49. The van der Waals surface area contributed by atoms with E-state index in [4.69, 9.17) is 0 Å². The molecule has 0 saturated carbocycles. The quantitative estimate of drug-likeness (QED) is 0.926. The first-order valence-electron chi connectivity index (χ1n) is 7.07. The van der Waals surface area contributed by atoms with Crippen molar-refractivity contribution in [2.45, 2.75) is 25.4 Å². The van der Waals surface area contributed by atoms with Gasteiger partial charge in [-0.25, -0.2) is 8.42 Å². The lowest BCUT2D eigenvalue weighted by molar-refractivity contribution is -0.121. The summed E-state index contributed by atoms with van der Waals surface area (Å²) in [5.41, 5.74) is 1.11. The molecule has 6 heteroatoms. The highest BCUT2D eigenvalue weighted by molar-refractivity contribution is 7.91. The van der Waals surface area contributed by atoms with Gasteiger partial charge in [-0.05, 0) is 23.9 Å². The van der Waals surface area contributed by atoms with E-state index in [-0.39, 0.29) is 23.5 Å². The summed E-state index contributed by atoms with van der Waals surface area (Å²) in [6, 6.07) is 9.83. The standard InChI is InChI=1S/C15H18N2O3S/c18-15(16-13-7-10-21(19,20)11-13)6-9-17-8-5-12-3-1-2-4-14(12)17/h1-5,8,13H,6-7,9-11H2,(H,16,18). The van der Waals surface area contributed by atoms with Crippen molar-refractivity contribution in [2.75, 3.05) is 11.5 Å². The number of para-hydroxylation sites is 1. The largest absolute Gasteiger partial charge is 0.352 e. The summed E-state index contributed by atoms with van der Waals surface area (Å²) in [4.78, 5) is 11.9. The lowest BCUT2D eigenvalue weighted by atomic mass is 10.2. The summed E-state index contributed by atoms with van der Waals surface area (Å²) < 4.78 is 24.8. The molecule has 1 unspecified atom stereocenters. The number of nitrogens with one attached hydrogen (secondary N) is 1. The molecule has 2 heterocycles. The van der Waals surface area contributed by atoms with E-state index in [1.165, 1.54) is 0 Å². The van der Waals surface area contributed by atoms with E-state index in [0.29, 0.717) is 19.4 Å². The molecule has 1 aliphatic heterocycles. The average molecular weight is 306 g/mol. The van der Waals surface area contributed by atoms with Crippen LogP contribution in [0.25, 0.3) is 10.9 Å². The highest BCUT2D eigenvalue weighted by Gasteiger charge is 2.28. The van der Waals surface area contributed by atoms with Crippen molar-refractivity contribution in [1.82, 2.24) is 9.88 Å². The van der Waals surface area contributed by atoms with Crippen molar-refractivity contribution in [3.63, 3.8) is 0 Å². The van der Waals surface area contributed by atoms with Gasteiger partial charge >= 0.3 is 0 Å². The van der Waals surface area contributed by atoms with E-state index < -0.39 is 9.84 Å². The zero-order chi connectivity index (χ0) is 14.9. The maximum atomic E-state index is 11.9. The number of hydrogen-bond donors (Lipinski definition) is 1. The number of rotatable bonds is 4. The number of hydrogen-bond acceptors (Lipinski definition) is 3. The smallest absolute Gasteiger partial charge is 0.222 e. The van der Waals surface area contributed by atoms with Crippen LogP contribution in [0.4, 0.5) is 0 Å². The molecule has 0 aliphatic carbocycles. The molecule has 1 amide bonds. The molecular formula is C15H18N2O3S. The van der Waals surface area contributed by atoms with Crippen LogP contribution in [0.15, 0.2) is 36.5 Å². The summed E-state index contributed by atoms with van der Waals surface area (Å²) in [5, 5.41) is 3.97. The molecular weight excluding hydrogens is 288 g/mol. The lowest BCUT2D eigenvalue weighted by Gasteiger charge is -2.11. The summed E-state index contributed by atoms with van der Waals surface area (Å²) in [6.45, 7) is 0.596. The van der Waals surface area contributed by atoms with E-state index in [1.807, 2.05) is 41.1 Å². The predicted octanol–water partition coefficient (Wildman–Crippen LogP) is 1.33. The van der Waals surface area contributed by atoms with E-state index in [0.717, 1.165) is 10.9 Å². The minimum absolute atomic E-state index is 0.0746. The number of fused-ring (bicyclic) bond motifs is 1. The Morgan fingerprint density at radius 1 is 1.29 bits per heavy atom. The van der Waals surface area contributed by atoms with Gasteiger partial charge < -0.3 is 9.88 Å². The molecule has 112 valence electrons. The van der Waals surface area contributed by atoms with Gasteiger partial charge in [0.1, 0.15) is 0 Å². The Labute approximate surface area is 123 Å². The van der Waals surface area contributed by atoms with Crippen LogP contribution in [0.2, 0.25) is 0 Å². The molecule has 3 rings (SSSR count). The van der Waals surface area contributed by atoms with Crippen molar-refractivity contribution < 1.29 is 13.2 Å². The van der Waals surface area contributed by atoms with E-state index >= 15 is 0 Å². The maximum absolute atomic E-state index is 11.9. The van der Waals surface area contributed by atoms with E-state index in [2.05, 4.69) is 5.32 Å². The number of aryl methyl sites for hydroxylation is 1. The van der Waals surface area contributed by atoms with Crippen LogP contribution in [0.3, 0.4) is 0 Å². The molecule has 1 aliphatic rings. The molecule has 2 aromatic rings. The third kappa shape index (κ3) is 3.26. The average Bonchev–Trinajstić information content (AvgIpc) is 3.00. The van der Waals surface area contributed by atoms with Gasteiger partial charge in [-0.2, -0.15) is 0 Å². The lowest BCUT2D eigenvalue weighted by Crippen LogP contribution is -2.35. The molecule has 5 nitrogen and oxygen atoms in total. The molecule has 1 N–H and O–H groups in total. The van der Waals surface area contributed by atoms with Gasteiger partial charge in [0, 0.05) is 30.7 Å². The van der Waals surface area contributed by atoms with Gasteiger partial charge in [0.05, 0.1) is 11.5 Å². The number of sulfone groups is 1. The van der Waals surface area contributed by atoms with Crippen LogP contribution in [0.5, 0.6) is 0 Å². The Morgan fingerprint density at radius 2 is 2.10 bits per heavy atom. The minimum atomic E-state index is -2.95. The number of nitrogens with zero attached hydrogens (tertiary/aromatic N) is 1. The Balaban J connectivity index is 1.57. The van der Waals surface area contributed by atoms with Crippen molar-refractivity contribution in [3.8, 4) is 0 Å². The summed E-state index contributed by atoms with van der Waals surface area (Å²) >= 11 is 0. The number of carbonyl (C=O) groups excluding carboxylic acids is 1. The summed E-state index contributed by atoms with van der Waals surface area (Å²) in [7, 11) is -2.95. The van der Waals surface area contributed by atoms with Crippen LogP contribution in [-0.4, -0.2) is 36.4 Å². The molecule has 0 radical (unpaired) electrons. The highest BCUT2D eigenvalue weighted by Crippen LogP contribution is 2.15. The Kier molecular flexibility index (Phi) is 3.71. The molecule has 21 heavy (non-hydrogen) atoms. The second kappa shape index (κ2) is 5.52. The Morgan fingerprint density at radius 3 is 2.86 bits per heavy atom. The van der Waals surface area contributed by atoms with Crippen molar-refractivity contribution in [3.05, 3.63) is 36.5 Å². The van der Waals surface area contributed by atoms with Crippen molar-refractivity contribution in [2.24, 2.45) is 0 Å². The minimum Gasteiger partial charge on any atom is -0.352 e. The van der Waals surface area contributed by atoms with Gasteiger partial charge in [0.25, 0.3) is 0 Å². The number of amides is 1. The fraction of sp³-hybridized carbons (Fsp3) is 0.400. The second-order valence-corrected chi connectivity index (χ2v) is 7.71. The van der Waals surface area contributed by atoms with E-state index in [9.17, 15) is 13.2 Å². The first-order valence-corrected chi connectivity index (χ1v) is 8.89. The third-order valence-electron chi connectivity index (χ3n) is 3.86. The molecule has 0 bridgehead atoms. The van der Waals surface area contributed by atoms with Crippen LogP contribution < -0.4 is 5.32 Å². The fourth-order valence-electron chi connectivity index (χ4n) is 2.77. The van der Waals surface area contributed by atoms with E-state index in [1.54, 1.807) is 0 Å². The monoisotopic (exact) mass is 306 g/mol. The van der Waals surface area contributed by atoms with Crippen LogP contribution >= 0.6 is 0 Å². The normalized spacial score (nSPS) is 20.7. The molecule has 1 fully saturated rings. The zero-order valence-corrected chi connectivity index (χ0v) is 12.5. The number of aromatic nitrogens is 1. The fourth-order valence-corrected chi connectivity index (χ4v) is 4.44. The van der Waals surface area contributed by atoms with Gasteiger partial charge in [0.15, 0.2) is 9.84 Å². The SMILES string of the molecule is O=C(CCn1ccc2ccccc21)NC1CCS(=O)(=O)C1. The van der Waals surface area contributed by atoms with Crippen LogP contribution in [-0.2, 0) is 21.2 Å². The van der Waals surface area contributed by atoms with Crippen LogP contribution in [0, 0.1) is 0 Å². The highest BCUT2D eigenvalue weighted by atomic mass is 32.2. The van der Waals surface area contributed by atoms with Gasteiger partial charge in [-0.1, -0.05) is 18.2 Å². The third-order valence-corrected chi connectivity index (χ3v) is 5.63. The molecule has 1 saturated heterocycles. The Hall–Kier alpha value is -1.82. The predicted molar refractivity (Wildman–Crippen MR) is 81.8 cm³/mol. The molecule has 1 aromatic carbocycles. The summed E-state index contributed by atoms with van der Waals surface area (Å²) in [6.07, 6.45) is 2.85. The number of carbonyl (C=O) groups is 1. The van der Waals surface area contributed by atoms with Crippen molar-refractivity contribution >= 4 is 26.6 Å². The first-order chi connectivity index (χ1) is 10.0. The Bertz CT molecular complexity index is 764. The van der Waals surface area contributed by atoms with Crippen molar-refractivity contribution in [1.29, 1.82) is 0 Å². The molecule has 0 spiro atoms. The molecule has 1 aromatic heterocycles.